The van der Waals surface area contributed by atoms with E-state index in [-0.39, 0.29) is 0 Å². The maximum absolute atomic E-state index is 10.9. The van der Waals surface area contributed by atoms with Crippen LogP contribution < -0.4 is 17.2 Å². The van der Waals surface area contributed by atoms with Gasteiger partial charge in [0.2, 0.25) is 0 Å². The first-order valence-electron chi connectivity index (χ1n) is 4.43. The van der Waals surface area contributed by atoms with Crippen LogP contribution in [-0.4, -0.2) is 25.8 Å². The second kappa shape index (κ2) is 4.24. The third-order valence-electron chi connectivity index (χ3n) is 2.53. The highest BCUT2D eigenvalue weighted by Gasteiger charge is 2.69. The minimum Gasteiger partial charge on any atom is -0.395 e. The molecular formula is C6H7ClN6O6. The maximum atomic E-state index is 10.9. The molecule has 0 saturated carbocycles. The molecule has 12 nitrogen and oxygen atoms in total. The van der Waals surface area contributed by atoms with Crippen LogP contribution in [0.2, 0.25) is 0 Å². The molecule has 0 aromatic heterocycles. The fourth-order valence-electron chi connectivity index (χ4n) is 1.58. The second-order valence-corrected chi connectivity index (χ2v) is 4.08. The molecule has 1 aliphatic carbocycles. The zero-order chi connectivity index (χ0) is 15.1. The number of halogens is 1. The molecule has 0 aliphatic heterocycles. The summed E-state index contributed by atoms with van der Waals surface area (Å²) in [7, 11) is 0. The molecule has 0 amide bonds. The third-order valence-corrected chi connectivity index (χ3v) is 3.08. The number of alkyl halides is 1. The Labute approximate surface area is 108 Å². The molecule has 13 heteroatoms. The van der Waals surface area contributed by atoms with Gasteiger partial charge >= 0.3 is 16.7 Å². The van der Waals surface area contributed by atoms with Crippen LogP contribution >= 0.6 is 11.6 Å². The molecule has 0 saturated heterocycles. The lowest BCUT2D eigenvalue weighted by atomic mass is 9.93. The first kappa shape index (κ1) is 14.4. The van der Waals surface area contributed by atoms with E-state index in [9.17, 15) is 30.3 Å². The lowest BCUT2D eigenvalue weighted by Gasteiger charge is -2.25. The monoisotopic (exact) mass is 294 g/mol. The lowest BCUT2D eigenvalue weighted by Crippen LogP contribution is -2.58. The van der Waals surface area contributed by atoms with Crippen LogP contribution in [-0.2, 0) is 0 Å². The van der Waals surface area contributed by atoms with Crippen LogP contribution in [0.5, 0.6) is 0 Å². The van der Waals surface area contributed by atoms with Crippen molar-refractivity contribution in [2.45, 2.75) is 11.0 Å². The molecule has 0 fully saturated rings. The number of nitrogens with two attached hydrogens (primary N) is 3. The van der Waals surface area contributed by atoms with Gasteiger partial charge in [-0.15, -0.1) is 0 Å². The highest BCUT2D eigenvalue weighted by atomic mass is 35.5. The van der Waals surface area contributed by atoms with Crippen molar-refractivity contribution in [2.24, 2.45) is 17.2 Å². The molecule has 0 spiro atoms. The molecule has 2 unspecified atom stereocenters. The van der Waals surface area contributed by atoms with E-state index in [0.29, 0.717) is 0 Å². The Hall–Kier alpha value is -2.63. The normalized spacial score (nSPS) is 27.3. The topological polar surface area (TPSA) is 207 Å². The van der Waals surface area contributed by atoms with Crippen molar-refractivity contribution in [1.29, 1.82) is 0 Å². The molecule has 1 rings (SSSR count). The fourth-order valence-corrected chi connectivity index (χ4v) is 1.87. The van der Waals surface area contributed by atoms with E-state index in [1.54, 1.807) is 0 Å². The van der Waals surface area contributed by atoms with E-state index in [1.807, 2.05) is 0 Å². The summed E-state index contributed by atoms with van der Waals surface area (Å²) < 4.78 is 0. The van der Waals surface area contributed by atoms with Crippen molar-refractivity contribution in [1.82, 2.24) is 0 Å². The van der Waals surface area contributed by atoms with Gasteiger partial charge in [-0.3, -0.25) is 30.3 Å². The highest BCUT2D eigenvalue weighted by Crippen LogP contribution is 2.39. The molecule has 0 heterocycles. The molecule has 104 valence electrons. The number of rotatable bonds is 3. The zero-order valence-corrected chi connectivity index (χ0v) is 9.73. The Morgan fingerprint density at radius 1 is 1.05 bits per heavy atom. The Morgan fingerprint density at radius 2 is 1.53 bits per heavy atom. The number of nitrogens with zero attached hydrogens (tertiary/aromatic N) is 3. The molecular weight excluding hydrogens is 288 g/mol. The minimum absolute atomic E-state index is 0.725. The van der Waals surface area contributed by atoms with Gasteiger partial charge in [-0.05, 0) is 11.6 Å². The Morgan fingerprint density at radius 3 is 1.84 bits per heavy atom. The molecule has 0 aromatic rings. The van der Waals surface area contributed by atoms with Crippen LogP contribution in [0.4, 0.5) is 0 Å². The summed E-state index contributed by atoms with van der Waals surface area (Å²) in [5.74, 6) is 0. The predicted molar refractivity (Wildman–Crippen MR) is 60.0 cm³/mol. The van der Waals surface area contributed by atoms with Crippen molar-refractivity contribution < 1.29 is 14.8 Å². The first-order chi connectivity index (χ1) is 8.56. The third kappa shape index (κ3) is 1.77. The summed E-state index contributed by atoms with van der Waals surface area (Å²) in [6.45, 7) is 0. The van der Waals surface area contributed by atoms with Crippen molar-refractivity contribution in [3.8, 4) is 0 Å². The summed E-state index contributed by atoms with van der Waals surface area (Å²) in [6.07, 6.45) is 0. The van der Waals surface area contributed by atoms with Gasteiger partial charge in [0.1, 0.15) is 11.4 Å². The van der Waals surface area contributed by atoms with Gasteiger partial charge in [0.25, 0.3) is 0 Å². The summed E-state index contributed by atoms with van der Waals surface area (Å²) in [6, 6.07) is -2.56. The summed E-state index contributed by atoms with van der Waals surface area (Å²) in [5, 5.41) is 32.6. The van der Waals surface area contributed by atoms with Gasteiger partial charge in [0.05, 0.1) is 15.5 Å². The van der Waals surface area contributed by atoms with Gasteiger partial charge in [-0.1, -0.05) is 0 Å². The maximum Gasteiger partial charge on any atom is 0.413 e. The van der Waals surface area contributed by atoms with Crippen LogP contribution in [0.15, 0.2) is 22.8 Å². The number of hydrogen-bond acceptors (Lipinski definition) is 9. The molecule has 6 N–H and O–H groups in total. The first-order valence-corrected chi connectivity index (χ1v) is 4.81. The van der Waals surface area contributed by atoms with E-state index < -0.39 is 48.6 Å². The lowest BCUT2D eigenvalue weighted by molar-refractivity contribution is -0.637. The van der Waals surface area contributed by atoms with Gasteiger partial charge in [0.15, 0.2) is 0 Å². The van der Waals surface area contributed by atoms with E-state index in [1.165, 1.54) is 0 Å². The van der Waals surface area contributed by atoms with Crippen LogP contribution in [0.3, 0.4) is 0 Å². The van der Waals surface area contributed by atoms with Crippen LogP contribution in [0.25, 0.3) is 0 Å². The van der Waals surface area contributed by atoms with Crippen molar-refractivity contribution >= 4 is 11.6 Å². The summed E-state index contributed by atoms with van der Waals surface area (Å²) in [4.78, 5) is 25.7. The average Bonchev–Trinajstić information content (AvgIpc) is 2.29. The van der Waals surface area contributed by atoms with Crippen molar-refractivity contribution in [2.75, 3.05) is 0 Å². The van der Waals surface area contributed by atoms with Gasteiger partial charge in [-0.2, -0.15) is 0 Å². The van der Waals surface area contributed by atoms with Gasteiger partial charge < -0.3 is 17.2 Å². The highest BCUT2D eigenvalue weighted by molar-refractivity contribution is 6.25. The van der Waals surface area contributed by atoms with E-state index >= 15 is 0 Å². The molecule has 0 aromatic carbocycles. The van der Waals surface area contributed by atoms with Crippen LogP contribution in [0.1, 0.15) is 0 Å². The largest absolute Gasteiger partial charge is 0.413 e. The van der Waals surface area contributed by atoms with Crippen molar-refractivity contribution in [3.63, 3.8) is 0 Å². The Bertz CT molecular complexity index is 556. The predicted octanol–water partition coefficient (Wildman–Crippen LogP) is -1.57. The van der Waals surface area contributed by atoms with E-state index in [0.717, 1.165) is 0 Å². The fraction of sp³-hybridized carbons (Fsp3) is 0.333. The molecule has 1 aliphatic rings. The molecule has 0 bridgehead atoms. The number of nitro groups is 3. The Kier molecular flexibility index (Phi) is 3.22. The molecule has 19 heavy (non-hydrogen) atoms. The SMILES string of the molecule is NC1=C([N+](=O)[O-])C([N+](=O)[O-])C(Cl)([N+](=O)[O-])C(N)=C1N. The van der Waals surface area contributed by atoms with Crippen LogP contribution in [0, 0.1) is 30.3 Å². The summed E-state index contributed by atoms with van der Waals surface area (Å²) >= 11 is 5.52. The Balaban J connectivity index is 3.76. The smallest absolute Gasteiger partial charge is 0.395 e. The molecule has 0 radical (unpaired) electrons. The van der Waals surface area contributed by atoms with Gasteiger partial charge in [0, 0.05) is 4.92 Å². The minimum atomic E-state index is -3.07. The second-order valence-electron chi connectivity index (χ2n) is 3.50. The van der Waals surface area contributed by atoms with Gasteiger partial charge in [-0.25, -0.2) is 0 Å². The van der Waals surface area contributed by atoms with E-state index in [4.69, 9.17) is 28.8 Å². The molecule has 2 atom stereocenters. The summed E-state index contributed by atoms with van der Waals surface area (Å²) in [5.41, 5.74) is 12.1. The zero-order valence-electron chi connectivity index (χ0n) is 8.98. The quantitative estimate of drug-likeness (QED) is 0.237. The standard InChI is InChI=1S/C6H7ClN6O6/c7-6(13(18)19)4(10)2(9)1(8)3(11(14)15)5(6)12(16)17/h5H,8-10H2. The average molecular weight is 295 g/mol. The van der Waals surface area contributed by atoms with E-state index in [2.05, 4.69) is 0 Å². The van der Waals surface area contributed by atoms with Crippen molar-refractivity contribution in [3.05, 3.63) is 53.1 Å². The number of hydrogen-bond donors (Lipinski definition) is 3.